The van der Waals surface area contributed by atoms with Crippen LogP contribution >= 0.6 is 0 Å². The van der Waals surface area contributed by atoms with Crippen molar-refractivity contribution in [2.24, 2.45) is 10.9 Å². The van der Waals surface area contributed by atoms with E-state index in [0.29, 0.717) is 5.84 Å². The van der Waals surface area contributed by atoms with Gasteiger partial charge in [-0.15, -0.1) is 0 Å². The maximum absolute atomic E-state index is 13.3. The fraction of sp³-hybridized carbons (Fsp3) is 0.226. The number of benzene rings is 3. The van der Waals surface area contributed by atoms with Crippen molar-refractivity contribution in [3.63, 3.8) is 0 Å². The second kappa shape index (κ2) is 10.1. The number of aliphatic imine (C=N–C) groups is 1. The molecule has 3 aromatic carbocycles. The van der Waals surface area contributed by atoms with Crippen LogP contribution in [0.4, 0.5) is 5.69 Å². The van der Waals surface area contributed by atoms with E-state index in [2.05, 4.69) is 95.3 Å². The van der Waals surface area contributed by atoms with Crippen LogP contribution in [0.3, 0.4) is 0 Å². The average molecular weight is 462 g/mol. The third kappa shape index (κ3) is 5.12. The number of fused-ring (bicyclic) bond motifs is 1. The Morgan fingerprint density at radius 3 is 2.17 bits per heavy atom. The molecule has 0 fully saturated rings. The summed E-state index contributed by atoms with van der Waals surface area (Å²) >= 11 is 0. The molecule has 35 heavy (non-hydrogen) atoms. The highest BCUT2D eigenvalue weighted by Crippen LogP contribution is 2.33. The third-order valence-electron chi connectivity index (χ3n) is 6.90. The molecule has 0 saturated heterocycles. The molecule has 1 unspecified atom stereocenters. The Kier molecular flexibility index (Phi) is 6.62. The normalized spacial score (nSPS) is 16.5. The van der Waals surface area contributed by atoms with Gasteiger partial charge in [-0.2, -0.15) is 0 Å². The molecule has 0 radical (unpaired) electrons. The van der Waals surface area contributed by atoms with E-state index >= 15 is 0 Å². The number of amidine groups is 1. The van der Waals surface area contributed by atoms with E-state index in [0.717, 1.165) is 37.9 Å². The molecule has 0 aromatic heterocycles. The quantitative estimate of drug-likeness (QED) is 0.456. The average Bonchev–Trinajstić information content (AvgIpc) is 3.32. The monoisotopic (exact) mass is 461 g/mol. The smallest absolute Gasteiger partial charge is 0.231 e. The van der Waals surface area contributed by atoms with Gasteiger partial charge in [0.2, 0.25) is 5.91 Å². The first-order chi connectivity index (χ1) is 17.1. The van der Waals surface area contributed by atoms with E-state index in [1.54, 1.807) is 11.1 Å². The summed E-state index contributed by atoms with van der Waals surface area (Å²) in [6, 6.07) is 27.9. The molecule has 0 N–H and O–H groups in total. The summed E-state index contributed by atoms with van der Waals surface area (Å²) in [6.07, 6.45) is 5.99. The lowest BCUT2D eigenvalue weighted by Gasteiger charge is -2.26. The van der Waals surface area contributed by atoms with Gasteiger partial charge in [-0.3, -0.25) is 9.69 Å². The van der Waals surface area contributed by atoms with Gasteiger partial charge in [0.1, 0.15) is 5.84 Å². The van der Waals surface area contributed by atoms with Crippen molar-refractivity contribution >= 4 is 17.4 Å². The van der Waals surface area contributed by atoms with Gasteiger partial charge >= 0.3 is 0 Å². The Morgan fingerprint density at radius 1 is 0.914 bits per heavy atom. The Hall–Kier alpha value is -3.92. The Labute approximate surface area is 207 Å². The van der Waals surface area contributed by atoms with Crippen molar-refractivity contribution in [1.82, 2.24) is 4.90 Å². The Morgan fingerprint density at radius 2 is 1.54 bits per heavy atom. The number of hydrogen-bond acceptors (Lipinski definition) is 3. The van der Waals surface area contributed by atoms with Crippen LogP contribution < -0.4 is 4.90 Å². The summed E-state index contributed by atoms with van der Waals surface area (Å²) in [6.45, 7) is 5.74. The number of likely N-dealkylation sites (N-methyl/N-ethyl adjacent to an activating group) is 1. The molecule has 2 aliphatic rings. The minimum absolute atomic E-state index is 0.0663. The number of nitrogens with zero attached hydrogens (tertiary/aromatic N) is 3. The maximum Gasteiger partial charge on any atom is 0.231 e. The first-order valence-corrected chi connectivity index (χ1v) is 12.2. The van der Waals surface area contributed by atoms with Gasteiger partial charge in [0.05, 0.1) is 0 Å². The molecule has 176 valence electrons. The lowest BCUT2D eigenvalue weighted by atomic mass is 10.0. The van der Waals surface area contributed by atoms with E-state index in [4.69, 9.17) is 0 Å². The van der Waals surface area contributed by atoms with Crippen molar-refractivity contribution in [3.05, 3.63) is 126 Å². The minimum atomic E-state index is -0.0663. The fourth-order valence-electron chi connectivity index (χ4n) is 5.02. The van der Waals surface area contributed by atoms with Crippen LogP contribution in [0.1, 0.15) is 28.7 Å². The summed E-state index contributed by atoms with van der Waals surface area (Å²) < 4.78 is 0. The van der Waals surface area contributed by atoms with Crippen molar-refractivity contribution in [1.29, 1.82) is 0 Å². The zero-order valence-electron chi connectivity index (χ0n) is 20.2. The predicted octanol–water partition coefficient (Wildman–Crippen LogP) is 5.94. The van der Waals surface area contributed by atoms with E-state index in [-0.39, 0.29) is 11.8 Å². The van der Waals surface area contributed by atoms with E-state index in [1.807, 2.05) is 13.1 Å². The molecule has 1 heterocycles. The highest BCUT2D eigenvalue weighted by atomic mass is 16.2. The molecule has 1 aliphatic carbocycles. The Balaban J connectivity index is 1.36. The zero-order chi connectivity index (χ0) is 24.2. The van der Waals surface area contributed by atoms with E-state index in [1.165, 1.54) is 27.9 Å². The van der Waals surface area contributed by atoms with Crippen LogP contribution in [0.15, 0.2) is 108 Å². The van der Waals surface area contributed by atoms with Gasteiger partial charge in [0, 0.05) is 37.9 Å². The standard InChI is InChI=1S/C31H31N3O/c1-23-10-9-17-32-30(23)33(2)31(35)28-18-26-15-16-29(20-27(26)19-28)34(21-24-11-5-3-6-12-24)22-25-13-7-4-8-14-25/h3-9,11-17,20,28H,1,10,18-19,21-22H2,2H3. The summed E-state index contributed by atoms with van der Waals surface area (Å²) in [5.41, 5.74) is 7.17. The Bertz CT molecular complexity index is 1240. The van der Waals surface area contributed by atoms with Crippen molar-refractivity contribution < 1.29 is 4.79 Å². The molecule has 5 rings (SSSR count). The van der Waals surface area contributed by atoms with E-state index in [9.17, 15) is 4.79 Å². The van der Waals surface area contributed by atoms with Gasteiger partial charge in [0.25, 0.3) is 0 Å². The minimum Gasteiger partial charge on any atom is -0.363 e. The number of carbonyl (C=O) groups is 1. The van der Waals surface area contributed by atoms with Gasteiger partial charge in [-0.25, -0.2) is 4.99 Å². The molecule has 1 atom stereocenters. The molecule has 0 spiro atoms. The van der Waals surface area contributed by atoms with Crippen LogP contribution in [0.25, 0.3) is 0 Å². The first kappa shape index (κ1) is 22.9. The van der Waals surface area contributed by atoms with Crippen LogP contribution in [0.2, 0.25) is 0 Å². The largest absolute Gasteiger partial charge is 0.363 e. The number of anilines is 1. The highest BCUT2D eigenvalue weighted by molar-refractivity contribution is 6.08. The summed E-state index contributed by atoms with van der Waals surface area (Å²) in [5.74, 6) is 0.734. The lowest BCUT2D eigenvalue weighted by Crippen LogP contribution is -2.39. The third-order valence-corrected chi connectivity index (χ3v) is 6.90. The van der Waals surface area contributed by atoms with Gasteiger partial charge in [0.15, 0.2) is 0 Å². The second-order valence-electron chi connectivity index (χ2n) is 9.43. The van der Waals surface area contributed by atoms with Crippen LogP contribution in [0, 0.1) is 5.92 Å². The lowest BCUT2D eigenvalue weighted by molar-refractivity contribution is -0.130. The molecule has 1 amide bonds. The summed E-state index contributed by atoms with van der Waals surface area (Å²) in [5, 5.41) is 0. The second-order valence-corrected chi connectivity index (χ2v) is 9.43. The van der Waals surface area contributed by atoms with Crippen molar-refractivity contribution in [3.8, 4) is 0 Å². The number of hydrogen-bond donors (Lipinski definition) is 0. The van der Waals surface area contributed by atoms with Gasteiger partial charge in [-0.1, -0.05) is 79.4 Å². The SMILES string of the molecule is C=C1CC=CN=C1N(C)C(=O)C1Cc2ccc(N(Cc3ccccc3)Cc3ccccc3)cc2C1. The van der Waals surface area contributed by atoms with Crippen molar-refractivity contribution in [2.45, 2.75) is 32.4 Å². The highest BCUT2D eigenvalue weighted by Gasteiger charge is 2.32. The molecule has 4 heteroatoms. The first-order valence-electron chi connectivity index (χ1n) is 12.2. The summed E-state index contributed by atoms with van der Waals surface area (Å²) in [7, 11) is 1.82. The molecule has 0 bridgehead atoms. The molecule has 3 aromatic rings. The number of allylic oxidation sites excluding steroid dienone is 1. The molecular weight excluding hydrogens is 430 g/mol. The molecule has 4 nitrogen and oxygen atoms in total. The van der Waals surface area contributed by atoms with Crippen LogP contribution in [-0.2, 0) is 30.7 Å². The topological polar surface area (TPSA) is 35.9 Å². The van der Waals surface area contributed by atoms with Gasteiger partial charge < -0.3 is 4.90 Å². The number of amides is 1. The van der Waals surface area contributed by atoms with Crippen LogP contribution in [0.5, 0.6) is 0 Å². The molecule has 0 saturated carbocycles. The zero-order valence-corrected chi connectivity index (χ0v) is 20.2. The predicted molar refractivity (Wildman–Crippen MR) is 143 cm³/mol. The summed E-state index contributed by atoms with van der Waals surface area (Å²) in [4.78, 5) is 21.8. The van der Waals surface area contributed by atoms with Crippen molar-refractivity contribution in [2.75, 3.05) is 11.9 Å². The molecule has 1 aliphatic heterocycles. The van der Waals surface area contributed by atoms with E-state index < -0.39 is 0 Å². The van der Waals surface area contributed by atoms with Crippen LogP contribution in [-0.4, -0.2) is 23.7 Å². The van der Waals surface area contributed by atoms with Gasteiger partial charge in [-0.05, 0) is 59.2 Å². The maximum atomic E-state index is 13.3. The molecular formula is C31H31N3O. The number of rotatable bonds is 6. The fourth-order valence-corrected chi connectivity index (χ4v) is 5.02. The number of carbonyl (C=O) groups excluding carboxylic acids is 1.